The first kappa shape index (κ1) is 20.6. The summed E-state index contributed by atoms with van der Waals surface area (Å²) < 4.78 is 18.0. The van der Waals surface area contributed by atoms with Gasteiger partial charge in [-0.25, -0.2) is 9.97 Å². The average Bonchev–Trinajstić information content (AvgIpc) is 2.82. The highest BCUT2D eigenvalue weighted by atomic mass is 35.5. The minimum atomic E-state index is -0.0612. The van der Waals surface area contributed by atoms with E-state index in [1.165, 1.54) is 0 Å². The first-order valence-electron chi connectivity index (χ1n) is 10.1. The van der Waals surface area contributed by atoms with Crippen LogP contribution in [0.1, 0.15) is 23.7 Å². The molecule has 4 aromatic rings. The number of nitrogens with zero attached hydrogens (tertiary/aromatic N) is 2. The molecule has 160 valence electrons. The molecule has 32 heavy (non-hydrogen) atoms. The van der Waals surface area contributed by atoms with Crippen molar-refractivity contribution in [2.45, 2.75) is 18.9 Å². The van der Waals surface area contributed by atoms with Gasteiger partial charge in [0.2, 0.25) is 11.8 Å². The van der Waals surface area contributed by atoms with Gasteiger partial charge in [0.05, 0.1) is 10.0 Å². The summed E-state index contributed by atoms with van der Waals surface area (Å²) in [5.41, 5.74) is 2.15. The number of hydrogen-bond acceptors (Lipinski definition) is 5. The van der Waals surface area contributed by atoms with Crippen molar-refractivity contribution in [3.63, 3.8) is 0 Å². The zero-order valence-electron chi connectivity index (χ0n) is 16.9. The largest absolute Gasteiger partial charge is 0.485 e. The summed E-state index contributed by atoms with van der Waals surface area (Å²) in [7, 11) is 0. The van der Waals surface area contributed by atoms with Gasteiger partial charge >= 0.3 is 0 Å². The van der Waals surface area contributed by atoms with Crippen LogP contribution in [0.3, 0.4) is 0 Å². The zero-order valence-corrected chi connectivity index (χ0v) is 18.4. The fourth-order valence-electron chi connectivity index (χ4n) is 3.53. The van der Waals surface area contributed by atoms with E-state index in [2.05, 4.69) is 9.97 Å². The average molecular weight is 465 g/mol. The summed E-state index contributed by atoms with van der Waals surface area (Å²) in [5.74, 6) is 3.25. The van der Waals surface area contributed by atoms with E-state index in [1.807, 2.05) is 42.5 Å². The van der Waals surface area contributed by atoms with E-state index >= 15 is 0 Å². The van der Waals surface area contributed by atoms with Gasteiger partial charge in [-0.3, -0.25) is 0 Å². The van der Waals surface area contributed by atoms with E-state index in [0.717, 1.165) is 29.7 Å². The van der Waals surface area contributed by atoms with Gasteiger partial charge in [0.25, 0.3) is 0 Å². The highest BCUT2D eigenvalue weighted by molar-refractivity contribution is 6.30. The van der Waals surface area contributed by atoms with Crippen molar-refractivity contribution in [3.8, 4) is 29.0 Å². The van der Waals surface area contributed by atoms with E-state index < -0.39 is 0 Å². The van der Waals surface area contributed by atoms with Crippen molar-refractivity contribution in [2.75, 3.05) is 0 Å². The van der Waals surface area contributed by atoms with Gasteiger partial charge in [0.1, 0.15) is 23.4 Å². The van der Waals surface area contributed by atoms with Crippen LogP contribution in [-0.4, -0.2) is 9.97 Å². The summed E-state index contributed by atoms with van der Waals surface area (Å²) in [5, 5.41) is 1.14. The lowest BCUT2D eigenvalue weighted by Crippen LogP contribution is -2.15. The number of rotatable bonds is 5. The molecule has 1 aliphatic rings. The number of aryl methyl sites for hydroxylation is 1. The maximum absolute atomic E-state index is 6.28. The van der Waals surface area contributed by atoms with Crippen molar-refractivity contribution in [1.29, 1.82) is 0 Å². The van der Waals surface area contributed by atoms with E-state index in [-0.39, 0.29) is 6.10 Å². The lowest BCUT2D eigenvalue weighted by molar-refractivity contribution is 0.176. The number of fused-ring (bicyclic) bond motifs is 1. The molecular weight excluding hydrogens is 447 g/mol. The smallest absolute Gasteiger partial charge is 0.219 e. The van der Waals surface area contributed by atoms with Gasteiger partial charge < -0.3 is 14.2 Å². The molecule has 0 saturated heterocycles. The zero-order chi connectivity index (χ0) is 21.9. The molecule has 5 rings (SSSR count). The molecule has 2 aromatic carbocycles. The molecule has 0 spiro atoms. The number of pyridine rings is 2. The standard InChI is InChI=1S/C25H18Cl2N2O3/c26-18-5-10-24(28-14-18)30-20-3-1-2-16(12-20)22-8-4-17-13-21(7-9-23(17)32-22)31-25-11-6-19(27)15-29-25/h1-3,5-7,9-15,22H,4,8H2. The van der Waals surface area contributed by atoms with Crippen LogP contribution < -0.4 is 14.2 Å². The molecule has 7 heteroatoms. The highest BCUT2D eigenvalue weighted by Gasteiger charge is 2.22. The van der Waals surface area contributed by atoms with Gasteiger partial charge in [0.15, 0.2) is 0 Å². The molecule has 1 aliphatic heterocycles. The summed E-state index contributed by atoms with van der Waals surface area (Å²) in [6, 6.07) is 20.6. The first-order chi connectivity index (χ1) is 15.6. The molecule has 0 fully saturated rings. The second kappa shape index (κ2) is 9.07. The number of benzene rings is 2. The quantitative estimate of drug-likeness (QED) is 0.307. The Kier molecular flexibility index (Phi) is 5.84. The van der Waals surface area contributed by atoms with Gasteiger partial charge in [-0.2, -0.15) is 0 Å². The van der Waals surface area contributed by atoms with Gasteiger partial charge in [0, 0.05) is 24.5 Å². The monoisotopic (exact) mass is 464 g/mol. The maximum Gasteiger partial charge on any atom is 0.219 e. The Balaban J connectivity index is 1.29. The third kappa shape index (κ3) is 4.79. The highest BCUT2D eigenvalue weighted by Crippen LogP contribution is 2.38. The molecule has 0 radical (unpaired) electrons. The van der Waals surface area contributed by atoms with Crippen molar-refractivity contribution < 1.29 is 14.2 Å². The summed E-state index contributed by atoms with van der Waals surface area (Å²) in [6.45, 7) is 0. The number of halogens is 2. The molecule has 1 unspecified atom stereocenters. The van der Waals surface area contributed by atoms with E-state index in [0.29, 0.717) is 33.3 Å². The number of hydrogen-bond donors (Lipinski definition) is 0. The fraction of sp³-hybridized carbons (Fsp3) is 0.120. The van der Waals surface area contributed by atoms with Crippen LogP contribution >= 0.6 is 23.2 Å². The fourth-order valence-corrected chi connectivity index (χ4v) is 3.75. The second-order valence-electron chi connectivity index (χ2n) is 7.32. The van der Waals surface area contributed by atoms with Gasteiger partial charge in [-0.15, -0.1) is 0 Å². The Labute approximate surface area is 195 Å². The summed E-state index contributed by atoms with van der Waals surface area (Å²) in [4.78, 5) is 8.35. The Morgan fingerprint density at radius 2 is 1.47 bits per heavy atom. The van der Waals surface area contributed by atoms with E-state index in [9.17, 15) is 0 Å². The molecule has 1 atom stereocenters. The SMILES string of the molecule is Clc1ccc(Oc2cccc(C3CCc4cc(Oc5ccc(Cl)cn5)ccc4O3)c2)nc1. The predicted molar refractivity (Wildman–Crippen MR) is 123 cm³/mol. The molecule has 0 saturated carbocycles. The summed E-state index contributed by atoms with van der Waals surface area (Å²) >= 11 is 11.8. The molecule has 2 aromatic heterocycles. The molecule has 0 aliphatic carbocycles. The molecular formula is C25H18Cl2N2O3. The minimum Gasteiger partial charge on any atom is -0.485 e. The van der Waals surface area contributed by atoms with Crippen molar-refractivity contribution in [2.24, 2.45) is 0 Å². The predicted octanol–water partition coefficient (Wildman–Crippen LogP) is 7.43. The number of ether oxygens (including phenoxy) is 3. The Morgan fingerprint density at radius 1 is 0.781 bits per heavy atom. The topological polar surface area (TPSA) is 53.5 Å². The van der Waals surface area contributed by atoms with Crippen molar-refractivity contribution in [3.05, 3.63) is 100 Å². The maximum atomic E-state index is 6.28. The lowest BCUT2D eigenvalue weighted by atomic mass is 9.97. The second-order valence-corrected chi connectivity index (χ2v) is 8.19. The van der Waals surface area contributed by atoms with E-state index in [4.69, 9.17) is 37.4 Å². The molecule has 0 amide bonds. The number of aromatic nitrogens is 2. The van der Waals surface area contributed by atoms with Crippen LogP contribution in [0, 0.1) is 0 Å². The molecule has 3 heterocycles. The minimum absolute atomic E-state index is 0.0612. The van der Waals surface area contributed by atoms with Gasteiger partial charge in [-0.05, 0) is 66.4 Å². The van der Waals surface area contributed by atoms with E-state index in [1.54, 1.807) is 36.7 Å². The summed E-state index contributed by atoms with van der Waals surface area (Å²) in [6.07, 6.45) is 4.77. The van der Waals surface area contributed by atoms with Crippen molar-refractivity contribution in [1.82, 2.24) is 9.97 Å². The molecule has 0 bridgehead atoms. The lowest BCUT2D eigenvalue weighted by Gasteiger charge is -2.27. The Bertz CT molecular complexity index is 1230. The first-order valence-corrected chi connectivity index (χ1v) is 10.9. The molecule has 0 N–H and O–H groups in total. The van der Waals surface area contributed by atoms with Crippen LogP contribution in [0.2, 0.25) is 10.0 Å². The van der Waals surface area contributed by atoms with Gasteiger partial charge in [-0.1, -0.05) is 35.3 Å². The van der Waals surface area contributed by atoms with Crippen LogP contribution in [0.25, 0.3) is 0 Å². The van der Waals surface area contributed by atoms with Crippen LogP contribution in [-0.2, 0) is 6.42 Å². The molecule has 5 nitrogen and oxygen atoms in total. The van der Waals surface area contributed by atoms with Crippen molar-refractivity contribution >= 4 is 23.2 Å². The van der Waals surface area contributed by atoms with Crippen LogP contribution in [0.15, 0.2) is 79.1 Å². The van der Waals surface area contributed by atoms with Crippen LogP contribution in [0.5, 0.6) is 29.0 Å². The Morgan fingerprint density at radius 3 is 2.12 bits per heavy atom. The normalized spacial score (nSPS) is 14.9. The Hall–Kier alpha value is -3.28. The third-order valence-corrected chi connectivity index (χ3v) is 5.50. The third-order valence-electron chi connectivity index (χ3n) is 5.05. The van der Waals surface area contributed by atoms with Crippen LogP contribution in [0.4, 0.5) is 0 Å².